The van der Waals surface area contributed by atoms with Crippen molar-refractivity contribution in [2.75, 3.05) is 0 Å². The van der Waals surface area contributed by atoms with E-state index >= 15 is 0 Å². The summed E-state index contributed by atoms with van der Waals surface area (Å²) in [5.74, 6) is -0.0765. The Kier molecular flexibility index (Phi) is 7.62. The highest BCUT2D eigenvalue weighted by molar-refractivity contribution is 9.09. The lowest BCUT2D eigenvalue weighted by Crippen LogP contribution is -2.30. The summed E-state index contributed by atoms with van der Waals surface area (Å²) in [7, 11) is 0. The third-order valence-corrected chi connectivity index (χ3v) is 3.20. The quantitative estimate of drug-likeness (QED) is 0.561. The van der Waals surface area contributed by atoms with E-state index in [1.807, 2.05) is 37.3 Å². The number of Topliss-reactive ketones (excluding diaryl/α,β-unsaturated/α-hetero) is 1. The van der Waals surface area contributed by atoms with Gasteiger partial charge in [0, 0.05) is 11.9 Å². The van der Waals surface area contributed by atoms with E-state index in [1.165, 1.54) is 0 Å². The number of pyridine rings is 2. The van der Waals surface area contributed by atoms with Crippen molar-refractivity contribution < 1.29 is 32.2 Å². The molecule has 0 aliphatic carbocycles. The summed E-state index contributed by atoms with van der Waals surface area (Å²) in [6.45, 7) is 1.86. The number of carbonyl (C=O) groups excluding carboxylic acids is 1. The van der Waals surface area contributed by atoms with E-state index in [-0.39, 0.29) is 5.78 Å². The largest absolute Gasteiger partial charge is 0.433 e. The van der Waals surface area contributed by atoms with Gasteiger partial charge in [-0.2, -0.15) is 0 Å². The van der Waals surface area contributed by atoms with E-state index in [0.717, 1.165) is 5.69 Å². The highest BCUT2D eigenvalue weighted by Crippen LogP contribution is 2.24. The molecular weight excluding hydrogens is 408 g/mol. The van der Waals surface area contributed by atoms with Gasteiger partial charge in [0.25, 0.3) is 0 Å². The maximum atomic E-state index is 12.1. The summed E-state index contributed by atoms with van der Waals surface area (Å²) in [5, 5.41) is 0. The molecule has 0 aliphatic rings. The fraction of sp³-hybridized carbons (Fsp3) is 0.154. The second-order valence-electron chi connectivity index (χ2n) is 3.85. The Morgan fingerprint density at radius 1 is 1.29 bits per heavy atom. The van der Waals surface area contributed by atoms with Crippen molar-refractivity contribution in [1.82, 2.24) is 9.97 Å². The lowest BCUT2D eigenvalue weighted by Gasteiger charge is -2.07. The number of alkyl halides is 1. The fourth-order valence-electron chi connectivity index (χ4n) is 1.47. The monoisotopic (exact) mass is 418 g/mol. The van der Waals surface area contributed by atoms with E-state index in [9.17, 15) is 4.79 Å². The molecule has 0 amide bonds. The number of ketones is 1. The Labute approximate surface area is 135 Å². The Hall–Kier alpha value is -1.19. The first kappa shape index (κ1) is 17.9. The molecule has 0 aromatic carbocycles. The number of hydrogen-bond acceptors (Lipinski definition) is 6. The molecule has 1 N–H and O–H groups in total. The van der Waals surface area contributed by atoms with Gasteiger partial charge in [0.1, 0.15) is 10.5 Å². The van der Waals surface area contributed by atoms with Crippen LogP contribution < -0.4 is 8.40 Å². The molecule has 0 saturated heterocycles. The maximum absolute atomic E-state index is 12.1. The molecule has 0 bridgehead atoms. The number of rotatable bonds is 3. The molecule has 2 rings (SSSR count). The Balaban J connectivity index is 0.000000491. The van der Waals surface area contributed by atoms with Gasteiger partial charge in [0.2, 0.25) is 5.78 Å². The first-order valence-electron chi connectivity index (χ1n) is 5.69. The van der Waals surface area contributed by atoms with Gasteiger partial charge < -0.3 is 8.40 Å². The van der Waals surface area contributed by atoms with Crippen LogP contribution in [0.15, 0.2) is 42.6 Å². The molecule has 112 valence electrons. The minimum atomic E-state index is -3.40. The van der Waals surface area contributed by atoms with Crippen molar-refractivity contribution in [2.45, 2.75) is 11.8 Å². The van der Waals surface area contributed by atoms with Gasteiger partial charge in [-0.3, -0.25) is 9.78 Å². The normalized spacial score (nSPS) is 11.5. The number of hydrogen-bond donors (Lipinski definition) is 1. The first-order chi connectivity index (χ1) is 9.91. The van der Waals surface area contributed by atoms with Gasteiger partial charge in [-0.15, -0.1) is 0 Å². The average Bonchev–Trinajstić information content (AvgIpc) is 2.46. The number of aryl methyl sites for hydroxylation is 1. The Morgan fingerprint density at radius 2 is 1.95 bits per heavy atom. The summed E-state index contributed by atoms with van der Waals surface area (Å²) in [6.07, 6.45) is 1.67. The molecule has 2 aromatic rings. The van der Waals surface area contributed by atoms with Gasteiger partial charge in [-0.05, 0) is 35.4 Å². The molecule has 21 heavy (non-hydrogen) atoms. The maximum Gasteiger partial charge on any atom is 0.433 e. The number of aromatic nitrogens is 2. The zero-order valence-corrected chi connectivity index (χ0v) is 14.1. The van der Waals surface area contributed by atoms with Gasteiger partial charge in [0.05, 0.1) is 5.69 Å². The van der Waals surface area contributed by atoms with Crippen LogP contribution in [0, 0.1) is 21.7 Å². The van der Waals surface area contributed by atoms with E-state index in [1.54, 1.807) is 12.3 Å². The zero-order chi connectivity index (χ0) is 15.8. The summed E-state index contributed by atoms with van der Waals surface area (Å²) in [5.41, 5.74) is 1.98. The van der Waals surface area contributed by atoms with Crippen molar-refractivity contribution in [1.29, 1.82) is 0 Å². The van der Waals surface area contributed by atoms with Crippen LogP contribution in [0.3, 0.4) is 0 Å². The van der Waals surface area contributed by atoms with Crippen LogP contribution in [-0.2, 0) is 0 Å². The minimum absolute atomic E-state index is 0.0765. The summed E-state index contributed by atoms with van der Waals surface area (Å²) in [6, 6.07) is 10.9. The van der Waals surface area contributed by atoms with Gasteiger partial charge >= 0.3 is 14.8 Å². The van der Waals surface area contributed by atoms with Crippen molar-refractivity contribution >= 4 is 21.7 Å². The SMILES string of the molecule is Cc1cccc(C(=O)C(Br)c2ccccn2)n1.[O-][Br+2]([O-])O. The summed E-state index contributed by atoms with van der Waals surface area (Å²) in [4.78, 5) is 20.1. The second-order valence-corrected chi connectivity index (χ2v) is 5.61. The lowest BCUT2D eigenvalue weighted by atomic mass is 10.1. The molecule has 6 nitrogen and oxygen atoms in total. The van der Waals surface area contributed by atoms with Crippen LogP contribution in [0.25, 0.3) is 0 Å². The van der Waals surface area contributed by atoms with Crippen molar-refractivity contribution in [3.05, 3.63) is 59.7 Å². The molecule has 0 spiro atoms. The van der Waals surface area contributed by atoms with Crippen LogP contribution in [-0.4, -0.2) is 19.9 Å². The zero-order valence-electron chi connectivity index (χ0n) is 10.9. The molecule has 0 fully saturated rings. The first-order valence-corrected chi connectivity index (χ1v) is 8.61. The Morgan fingerprint density at radius 3 is 2.48 bits per heavy atom. The highest BCUT2D eigenvalue weighted by Gasteiger charge is 2.20. The number of halogens is 2. The van der Waals surface area contributed by atoms with Crippen LogP contribution in [0.4, 0.5) is 0 Å². The van der Waals surface area contributed by atoms with Crippen LogP contribution in [0.1, 0.15) is 26.7 Å². The Bertz CT molecular complexity index is 579. The molecule has 0 aliphatic heterocycles. The van der Waals surface area contributed by atoms with Gasteiger partial charge in [-0.1, -0.05) is 28.1 Å². The molecule has 2 aromatic heterocycles. The summed E-state index contributed by atoms with van der Waals surface area (Å²) < 4.78 is 24.3. The summed E-state index contributed by atoms with van der Waals surface area (Å²) >= 11 is -0.0352. The topological polar surface area (TPSA) is 109 Å². The molecular formula is C13H12Br2N2O4. The van der Waals surface area contributed by atoms with Crippen LogP contribution in [0.2, 0.25) is 0 Å². The average molecular weight is 420 g/mol. The van der Waals surface area contributed by atoms with Crippen molar-refractivity contribution in [3.8, 4) is 0 Å². The second kappa shape index (κ2) is 8.96. The predicted octanol–water partition coefficient (Wildman–Crippen LogP) is 0.169. The van der Waals surface area contributed by atoms with Gasteiger partial charge in [-0.25, -0.2) is 4.98 Å². The number of carbonyl (C=O) groups is 1. The van der Waals surface area contributed by atoms with E-state index in [0.29, 0.717) is 11.4 Å². The smallest absolute Gasteiger partial charge is 0.372 e. The fourth-order valence-corrected chi connectivity index (χ4v) is 1.98. The highest BCUT2D eigenvalue weighted by atomic mass is 80.0. The van der Waals surface area contributed by atoms with Crippen molar-refractivity contribution in [3.63, 3.8) is 0 Å². The van der Waals surface area contributed by atoms with Gasteiger partial charge in [0.15, 0.2) is 0 Å². The number of nitrogens with zero attached hydrogens (tertiary/aromatic N) is 2. The molecule has 1 atom stereocenters. The molecule has 1 unspecified atom stereocenters. The van der Waals surface area contributed by atoms with E-state index < -0.39 is 19.6 Å². The molecule has 0 saturated carbocycles. The third kappa shape index (κ3) is 6.40. The van der Waals surface area contributed by atoms with Crippen molar-refractivity contribution in [2.24, 2.45) is 0 Å². The third-order valence-electron chi connectivity index (χ3n) is 2.32. The molecule has 0 radical (unpaired) electrons. The minimum Gasteiger partial charge on any atom is -0.372 e. The van der Waals surface area contributed by atoms with E-state index in [2.05, 4.69) is 25.9 Å². The van der Waals surface area contributed by atoms with E-state index in [4.69, 9.17) is 12.6 Å². The standard InChI is InChI=1S/C13H11BrN2O.BrHO3/c1-9-5-4-7-11(16-9)13(17)12(14)10-6-2-3-8-15-10;2-1(3)4/h2-8,12H,1H3;2H. The molecule has 2 heterocycles. The molecule has 8 heteroatoms. The predicted molar refractivity (Wildman–Crippen MR) is 71.4 cm³/mol. The van der Waals surface area contributed by atoms with Crippen LogP contribution in [0.5, 0.6) is 0 Å². The lowest BCUT2D eigenvalue weighted by molar-refractivity contribution is -1.63. The van der Waals surface area contributed by atoms with Crippen LogP contribution >= 0.6 is 15.9 Å².